The van der Waals surface area contributed by atoms with E-state index < -0.39 is 0 Å². The Morgan fingerprint density at radius 2 is 2.00 bits per heavy atom. The number of hydrogen-bond acceptors (Lipinski definition) is 1. The van der Waals surface area contributed by atoms with E-state index in [1.165, 1.54) is 17.6 Å². The van der Waals surface area contributed by atoms with Crippen molar-refractivity contribution in [3.8, 4) is 0 Å². The number of allylic oxidation sites excluding steroid dienone is 3. The van der Waals surface area contributed by atoms with E-state index in [0.29, 0.717) is 0 Å². The Kier molecular flexibility index (Phi) is 8.02. The highest BCUT2D eigenvalue weighted by Crippen LogP contribution is 2.09. The van der Waals surface area contributed by atoms with Crippen LogP contribution in [0, 0.1) is 0 Å². The van der Waals surface area contributed by atoms with Crippen LogP contribution >= 0.6 is 0 Å². The fraction of sp³-hybridized carbons (Fsp3) is 0.571. The Hall–Kier alpha value is -0.820. The zero-order chi connectivity index (χ0) is 11.7. The fourth-order valence-electron chi connectivity index (χ4n) is 1.45. The minimum atomic E-state index is 1.02. The predicted molar refractivity (Wildman–Crippen MR) is 70.1 cm³/mol. The molecule has 15 heavy (non-hydrogen) atoms. The molecular weight excluding hydrogens is 182 g/mol. The van der Waals surface area contributed by atoms with Crippen molar-refractivity contribution in [2.45, 2.75) is 33.6 Å². The van der Waals surface area contributed by atoms with Crippen LogP contribution in [0.2, 0.25) is 0 Å². The number of likely N-dealkylation sites (N-methyl/N-ethyl adjacent to an activating group) is 1. The molecule has 0 rings (SSSR count). The highest BCUT2D eigenvalue weighted by Gasteiger charge is 2.01. The number of nitrogens with zero attached hydrogens (tertiary/aromatic N) is 1. The number of rotatable bonds is 7. The van der Waals surface area contributed by atoms with Gasteiger partial charge in [-0.1, -0.05) is 38.7 Å². The second-order valence-corrected chi connectivity index (χ2v) is 3.96. The molecule has 86 valence electrons. The lowest BCUT2D eigenvalue weighted by Crippen LogP contribution is -2.21. The molecule has 0 bridgehead atoms. The average Bonchev–Trinajstić information content (AvgIpc) is 2.23. The Balaban J connectivity index is 4.52. The molecule has 0 aromatic carbocycles. The van der Waals surface area contributed by atoms with E-state index in [2.05, 4.69) is 51.4 Å². The summed E-state index contributed by atoms with van der Waals surface area (Å²) in [6.07, 6.45) is 8.67. The molecule has 0 saturated carbocycles. The lowest BCUT2D eigenvalue weighted by Gasteiger charge is -2.17. The minimum absolute atomic E-state index is 1.02. The van der Waals surface area contributed by atoms with Gasteiger partial charge in [0, 0.05) is 6.54 Å². The first-order valence-corrected chi connectivity index (χ1v) is 5.82. The van der Waals surface area contributed by atoms with Crippen LogP contribution < -0.4 is 0 Å². The zero-order valence-electron chi connectivity index (χ0n) is 10.7. The molecule has 0 radical (unpaired) electrons. The standard InChI is InChI=1S/C14H25N/c1-6-9-10-14(13(4)8-3)12-15(5)11-7-2/h8-10H,3,6-7,11-12H2,1-2,4-5H3/b10-9-,14-13+. The molecule has 0 saturated heterocycles. The van der Waals surface area contributed by atoms with Gasteiger partial charge in [-0.2, -0.15) is 0 Å². The summed E-state index contributed by atoms with van der Waals surface area (Å²) in [5.41, 5.74) is 2.66. The van der Waals surface area contributed by atoms with Gasteiger partial charge >= 0.3 is 0 Å². The summed E-state index contributed by atoms with van der Waals surface area (Å²) in [5.74, 6) is 0. The van der Waals surface area contributed by atoms with Crippen LogP contribution in [0.25, 0.3) is 0 Å². The normalized spacial score (nSPS) is 13.4. The summed E-state index contributed by atoms with van der Waals surface area (Å²) < 4.78 is 0. The van der Waals surface area contributed by atoms with Crippen molar-refractivity contribution in [3.05, 3.63) is 36.0 Å². The van der Waals surface area contributed by atoms with E-state index in [-0.39, 0.29) is 0 Å². The van der Waals surface area contributed by atoms with Crippen molar-refractivity contribution >= 4 is 0 Å². The summed E-state index contributed by atoms with van der Waals surface area (Å²) in [6, 6.07) is 0. The second kappa shape index (κ2) is 8.49. The van der Waals surface area contributed by atoms with Crippen LogP contribution in [0.1, 0.15) is 33.6 Å². The smallest absolute Gasteiger partial charge is 0.0233 e. The van der Waals surface area contributed by atoms with E-state index in [1.54, 1.807) is 0 Å². The fourth-order valence-corrected chi connectivity index (χ4v) is 1.45. The molecule has 1 heteroatoms. The van der Waals surface area contributed by atoms with Crippen molar-refractivity contribution in [2.24, 2.45) is 0 Å². The highest BCUT2D eigenvalue weighted by atomic mass is 15.1. The minimum Gasteiger partial charge on any atom is -0.302 e. The third-order valence-electron chi connectivity index (χ3n) is 2.41. The van der Waals surface area contributed by atoms with Gasteiger partial charge in [-0.3, -0.25) is 0 Å². The van der Waals surface area contributed by atoms with Crippen LogP contribution in [-0.4, -0.2) is 25.0 Å². The average molecular weight is 207 g/mol. The summed E-state index contributed by atoms with van der Waals surface area (Å²) in [7, 11) is 2.17. The van der Waals surface area contributed by atoms with Gasteiger partial charge in [0.25, 0.3) is 0 Å². The maximum absolute atomic E-state index is 3.83. The van der Waals surface area contributed by atoms with Crippen LogP contribution in [0.15, 0.2) is 36.0 Å². The van der Waals surface area contributed by atoms with E-state index in [9.17, 15) is 0 Å². The summed E-state index contributed by atoms with van der Waals surface area (Å²) in [6.45, 7) is 12.5. The molecule has 0 unspecified atom stereocenters. The van der Waals surface area contributed by atoms with Crippen LogP contribution in [0.3, 0.4) is 0 Å². The largest absolute Gasteiger partial charge is 0.302 e. The lowest BCUT2D eigenvalue weighted by atomic mass is 10.1. The molecule has 0 aromatic heterocycles. The zero-order valence-corrected chi connectivity index (χ0v) is 10.7. The summed E-state index contributed by atoms with van der Waals surface area (Å²) in [5, 5.41) is 0. The van der Waals surface area contributed by atoms with Crippen LogP contribution in [0.4, 0.5) is 0 Å². The van der Waals surface area contributed by atoms with Gasteiger partial charge in [0.05, 0.1) is 0 Å². The molecular formula is C14H25N. The van der Waals surface area contributed by atoms with Gasteiger partial charge in [-0.05, 0) is 44.5 Å². The summed E-state index contributed by atoms with van der Waals surface area (Å²) >= 11 is 0. The van der Waals surface area contributed by atoms with Gasteiger partial charge in [0.1, 0.15) is 0 Å². The Morgan fingerprint density at radius 3 is 2.47 bits per heavy atom. The molecule has 0 spiro atoms. The SMILES string of the molecule is C=C/C(C)=C(\C=C/CC)CN(C)CCC. The molecule has 1 nitrogen and oxygen atoms in total. The Morgan fingerprint density at radius 1 is 1.33 bits per heavy atom. The first kappa shape index (κ1) is 14.2. The molecule has 0 atom stereocenters. The Bertz CT molecular complexity index is 236. The second-order valence-electron chi connectivity index (χ2n) is 3.96. The summed E-state index contributed by atoms with van der Waals surface area (Å²) in [4.78, 5) is 2.35. The highest BCUT2D eigenvalue weighted by molar-refractivity contribution is 5.31. The van der Waals surface area contributed by atoms with Gasteiger partial charge in [0.2, 0.25) is 0 Å². The quantitative estimate of drug-likeness (QED) is 0.574. The first-order chi connectivity index (χ1) is 7.15. The molecule has 0 aliphatic heterocycles. The monoisotopic (exact) mass is 207 g/mol. The topological polar surface area (TPSA) is 3.24 Å². The third kappa shape index (κ3) is 6.29. The van der Waals surface area contributed by atoms with Gasteiger partial charge in [-0.15, -0.1) is 0 Å². The molecule has 0 heterocycles. The molecule has 0 amide bonds. The van der Waals surface area contributed by atoms with E-state index in [1.807, 2.05) is 6.08 Å². The van der Waals surface area contributed by atoms with Crippen molar-refractivity contribution in [1.82, 2.24) is 4.90 Å². The van der Waals surface area contributed by atoms with Crippen molar-refractivity contribution in [2.75, 3.05) is 20.1 Å². The molecule has 0 aliphatic carbocycles. The Labute approximate surface area is 95.2 Å². The molecule has 0 fully saturated rings. The molecule has 0 aromatic rings. The number of hydrogen-bond donors (Lipinski definition) is 0. The van der Waals surface area contributed by atoms with Crippen LogP contribution in [0.5, 0.6) is 0 Å². The van der Waals surface area contributed by atoms with E-state index in [4.69, 9.17) is 0 Å². The first-order valence-electron chi connectivity index (χ1n) is 5.82. The molecule has 0 N–H and O–H groups in total. The predicted octanol–water partition coefficient (Wildman–Crippen LogP) is 3.80. The van der Waals surface area contributed by atoms with Crippen molar-refractivity contribution in [3.63, 3.8) is 0 Å². The van der Waals surface area contributed by atoms with E-state index >= 15 is 0 Å². The maximum Gasteiger partial charge on any atom is 0.0233 e. The van der Waals surface area contributed by atoms with Crippen LogP contribution in [-0.2, 0) is 0 Å². The van der Waals surface area contributed by atoms with Gasteiger partial charge < -0.3 is 4.90 Å². The third-order valence-corrected chi connectivity index (χ3v) is 2.41. The van der Waals surface area contributed by atoms with Crippen molar-refractivity contribution in [1.29, 1.82) is 0 Å². The lowest BCUT2D eigenvalue weighted by molar-refractivity contribution is 0.364. The van der Waals surface area contributed by atoms with Gasteiger partial charge in [-0.25, -0.2) is 0 Å². The van der Waals surface area contributed by atoms with E-state index in [0.717, 1.165) is 19.5 Å². The maximum atomic E-state index is 3.83. The molecule has 0 aliphatic rings. The van der Waals surface area contributed by atoms with Crippen molar-refractivity contribution < 1.29 is 0 Å². The van der Waals surface area contributed by atoms with Gasteiger partial charge in [0.15, 0.2) is 0 Å².